The number of phenolic OH excluding ortho intramolecular Hbond substituents is 1. The molecule has 1 aliphatic heterocycles. The summed E-state index contributed by atoms with van der Waals surface area (Å²) in [5, 5.41) is 13.8. The molecule has 1 aromatic carbocycles. The van der Waals surface area contributed by atoms with E-state index in [4.69, 9.17) is 0 Å². The lowest BCUT2D eigenvalue weighted by atomic mass is 10.0. The molecule has 0 amide bonds. The van der Waals surface area contributed by atoms with Gasteiger partial charge >= 0.3 is 0 Å². The van der Waals surface area contributed by atoms with Crippen molar-refractivity contribution in [2.24, 2.45) is 0 Å². The van der Waals surface area contributed by atoms with Crippen LogP contribution in [0.3, 0.4) is 0 Å². The first kappa shape index (κ1) is 8.41. The van der Waals surface area contributed by atoms with Gasteiger partial charge in [0.15, 0.2) is 0 Å². The summed E-state index contributed by atoms with van der Waals surface area (Å²) < 4.78 is 0. The van der Waals surface area contributed by atoms with Gasteiger partial charge in [-0.25, -0.2) is 0 Å². The smallest absolute Gasteiger partial charge is 0.116 e. The largest absolute Gasteiger partial charge is 0.508 e. The van der Waals surface area contributed by atoms with Crippen molar-refractivity contribution in [3.05, 3.63) is 35.7 Å². The first-order valence-corrected chi connectivity index (χ1v) is 5.03. The number of H-pyrrole nitrogens is 1. The highest BCUT2D eigenvalue weighted by molar-refractivity contribution is 5.92. The minimum atomic E-state index is 0.291. The summed E-state index contributed by atoms with van der Waals surface area (Å²) in [6.45, 7) is 2.11. The summed E-state index contributed by atoms with van der Waals surface area (Å²) in [6, 6.07) is 5.70. The van der Waals surface area contributed by atoms with Crippen molar-refractivity contribution in [3.8, 4) is 5.75 Å². The number of hydrogen-bond acceptors (Lipinski definition) is 2. The summed E-state index contributed by atoms with van der Waals surface area (Å²) in [5.74, 6) is 0.309. The van der Waals surface area contributed by atoms with Crippen LogP contribution < -0.4 is 5.32 Å². The van der Waals surface area contributed by atoms with Crippen LogP contribution in [0.1, 0.15) is 24.2 Å². The molecule has 0 radical (unpaired) electrons. The Labute approximate surface area is 87.4 Å². The number of rotatable bonds is 0. The molecule has 0 bridgehead atoms. The molecule has 1 atom stereocenters. The van der Waals surface area contributed by atoms with E-state index < -0.39 is 0 Å². The van der Waals surface area contributed by atoms with Crippen LogP contribution in [0.4, 0.5) is 0 Å². The first-order valence-electron chi connectivity index (χ1n) is 5.03. The molecule has 2 aromatic rings. The predicted molar refractivity (Wildman–Crippen MR) is 60.5 cm³/mol. The predicted octanol–water partition coefficient (Wildman–Crippen LogP) is 2.51. The highest BCUT2D eigenvalue weighted by Crippen LogP contribution is 2.31. The number of phenols is 1. The quantitative estimate of drug-likeness (QED) is 0.612. The summed E-state index contributed by atoms with van der Waals surface area (Å²) >= 11 is 0. The SMILES string of the molecule is CC1NC=Cc2c1[nH]c1ccc(O)cc21. The van der Waals surface area contributed by atoms with Gasteiger partial charge in [0.25, 0.3) is 0 Å². The van der Waals surface area contributed by atoms with Crippen LogP contribution in [0.25, 0.3) is 17.0 Å². The average Bonchev–Trinajstić information content (AvgIpc) is 2.58. The zero-order valence-electron chi connectivity index (χ0n) is 8.41. The van der Waals surface area contributed by atoms with E-state index in [0.29, 0.717) is 11.8 Å². The van der Waals surface area contributed by atoms with Crippen molar-refractivity contribution in [2.45, 2.75) is 13.0 Å². The van der Waals surface area contributed by atoms with Crippen LogP contribution in [-0.4, -0.2) is 10.1 Å². The van der Waals surface area contributed by atoms with Crippen LogP contribution in [0, 0.1) is 0 Å². The second kappa shape index (κ2) is 2.79. The number of benzene rings is 1. The zero-order valence-corrected chi connectivity index (χ0v) is 8.41. The van der Waals surface area contributed by atoms with Crippen LogP contribution in [0.5, 0.6) is 5.75 Å². The fourth-order valence-electron chi connectivity index (χ4n) is 2.10. The van der Waals surface area contributed by atoms with Crippen molar-refractivity contribution in [1.29, 1.82) is 0 Å². The van der Waals surface area contributed by atoms with Gasteiger partial charge in [-0.2, -0.15) is 0 Å². The van der Waals surface area contributed by atoms with Crippen molar-refractivity contribution in [1.82, 2.24) is 10.3 Å². The van der Waals surface area contributed by atoms with E-state index in [9.17, 15) is 5.11 Å². The van der Waals surface area contributed by atoms with Crippen LogP contribution in [0.2, 0.25) is 0 Å². The molecule has 15 heavy (non-hydrogen) atoms. The molecule has 3 heteroatoms. The van der Waals surface area contributed by atoms with Crippen molar-refractivity contribution in [3.63, 3.8) is 0 Å². The molecule has 3 rings (SSSR count). The lowest BCUT2D eigenvalue weighted by Gasteiger charge is -2.15. The molecule has 0 aliphatic carbocycles. The summed E-state index contributed by atoms with van der Waals surface area (Å²) in [5.41, 5.74) is 3.42. The van der Waals surface area contributed by atoms with Gasteiger partial charge in [0, 0.05) is 22.2 Å². The molecular weight excluding hydrogens is 188 g/mol. The molecule has 3 N–H and O–H groups in total. The average molecular weight is 200 g/mol. The van der Waals surface area contributed by atoms with Crippen LogP contribution in [0.15, 0.2) is 24.4 Å². The molecule has 0 spiro atoms. The van der Waals surface area contributed by atoms with Gasteiger partial charge < -0.3 is 15.4 Å². The van der Waals surface area contributed by atoms with Crippen LogP contribution >= 0.6 is 0 Å². The Bertz CT molecular complexity index is 554. The Balaban J connectivity index is 2.37. The van der Waals surface area contributed by atoms with Gasteiger partial charge in [0.05, 0.1) is 6.04 Å². The number of aromatic amines is 1. The third-order valence-corrected chi connectivity index (χ3v) is 2.88. The minimum absolute atomic E-state index is 0.291. The second-order valence-corrected chi connectivity index (χ2v) is 3.90. The monoisotopic (exact) mass is 200 g/mol. The molecule has 1 aliphatic rings. The van der Waals surface area contributed by atoms with E-state index in [2.05, 4.69) is 17.2 Å². The normalized spacial score (nSPS) is 18.9. The van der Waals surface area contributed by atoms with Crippen LogP contribution in [-0.2, 0) is 0 Å². The van der Waals surface area contributed by atoms with Gasteiger partial charge in [0.2, 0.25) is 0 Å². The first-order chi connectivity index (χ1) is 7.25. The fourth-order valence-corrected chi connectivity index (χ4v) is 2.10. The highest BCUT2D eigenvalue weighted by atomic mass is 16.3. The maximum Gasteiger partial charge on any atom is 0.116 e. The molecule has 0 fully saturated rings. The van der Waals surface area contributed by atoms with Gasteiger partial charge in [-0.05, 0) is 37.4 Å². The lowest BCUT2D eigenvalue weighted by Crippen LogP contribution is -2.15. The number of aromatic nitrogens is 1. The van der Waals surface area contributed by atoms with Gasteiger partial charge in [-0.3, -0.25) is 0 Å². The van der Waals surface area contributed by atoms with Crippen molar-refractivity contribution >= 4 is 17.0 Å². The number of fused-ring (bicyclic) bond motifs is 3. The molecular formula is C12H12N2O. The second-order valence-electron chi connectivity index (χ2n) is 3.90. The minimum Gasteiger partial charge on any atom is -0.508 e. The Morgan fingerprint density at radius 2 is 2.20 bits per heavy atom. The topological polar surface area (TPSA) is 48.0 Å². The Morgan fingerprint density at radius 3 is 3.07 bits per heavy atom. The molecule has 0 saturated heterocycles. The molecule has 1 unspecified atom stereocenters. The molecule has 2 heterocycles. The van der Waals surface area contributed by atoms with Gasteiger partial charge in [-0.15, -0.1) is 0 Å². The number of aromatic hydroxyl groups is 1. The lowest BCUT2D eigenvalue weighted by molar-refractivity contribution is 0.476. The van der Waals surface area contributed by atoms with Crippen molar-refractivity contribution in [2.75, 3.05) is 0 Å². The van der Waals surface area contributed by atoms with Gasteiger partial charge in [0.1, 0.15) is 5.75 Å². The molecule has 3 nitrogen and oxygen atoms in total. The molecule has 76 valence electrons. The number of nitrogens with one attached hydrogen (secondary N) is 2. The fraction of sp³-hybridized carbons (Fsp3) is 0.167. The van der Waals surface area contributed by atoms with E-state index in [-0.39, 0.29) is 0 Å². The molecule has 1 aromatic heterocycles. The van der Waals surface area contributed by atoms with E-state index in [1.165, 1.54) is 11.3 Å². The highest BCUT2D eigenvalue weighted by Gasteiger charge is 2.17. The molecule has 0 saturated carbocycles. The Kier molecular flexibility index (Phi) is 1.57. The third kappa shape index (κ3) is 1.13. The zero-order chi connectivity index (χ0) is 10.4. The Morgan fingerprint density at radius 1 is 1.33 bits per heavy atom. The van der Waals surface area contributed by atoms with Gasteiger partial charge in [-0.1, -0.05) is 0 Å². The van der Waals surface area contributed by atoms with E-state index in [0.717, 1.165) is 10.9 Å². The third-order valence-electron chi connectivity index (χ3n) is 2.88. The summed E-state index contributed by atoms with van der Waals surface area (Å²) in [4.78, 5) is 3.37. The number of hydrogen-bond donors (Lipinski definition) is 3. The standard InChI is InChI=1S/C12H12N2O/c1-7-12-9(4-5-13-7)10-6-8(15)2-3-11(10)14-12/h2-7,13-15H,1H3. The Hall–Kier alpha value is -1.90. The van der Waals surface area contributed by atoms with E-state index in [1.807, 2.05) is 18.3 Å². The van der Waals surface area contributed by atoms with Crippen molar-refractivity contribution < 1.29 is 5.11 Å². The summed E-state index contributed by atoms with van der Waals surface area (Å²) in [7, 11) is 0. The summed E-state index contributed by atoms with van der Waals surface area (Å²) in [6.07, 6.45) is 3.98. The maximum absolute atomic E-state index is 9.46. The van der Waals surface area contributed by atoms with E-state index in [1.54, 1.807) is 12.1 Å². The van der Waals surface area contributed by atoms with E-state index >= 15 is 0 Å². The maximum atomic E-state index is 9.46.